The van der Waals surface area contributed by atoms with Gasteiger partial charge in [0.1, 0.15) is 0 Å². The number of carboxylic acids is 1. The van der Waals surface area contributed by atoms with Gasteiger partial charge in [0.05, 0.1) is 5.02 Å². The average Bonchev–Trinajstić information content (AvgIpc) is 2.09. The molecule has 76 valence electrons. The van der Waals surface area contributed by atoms with Crippen molar-refractivity contribution in [2.45, 2.75) is 13.0 Å². The number of aryl methyl sites for hydroxylation is 1. The number of carboxylic acid groups (broad SMARTS) is 1. The van der Waals surface area contributed by atoms with Crippen molar-refractivity contribution in [3.63, 3.8) is 0 Å². The quantitative estimate of drug-likeness (QED) is 0.874. The number of aliphatic hydroxyl groups excluding tert-OH is 1. The minimum Gasteiger partial charge on any atom is -0.479 e. The van der Waals surface area contributed by atoms with Crippen LogP contribution in [0.25, 0.3) is 0 Å². The van der Waals surface area contributed by atoms with Gasteiger partial charge in [-0.05, 0) is 34.5 Å². The van der Waals surface area contributed by atoms with E-state index in [2.05, 4.69) is 15.9 Å². The minimum atomic E-state index is -1.55. The Kier molecular flexibility index (Phi) is 3.53. The highest BCUT2D eigenvalue weighted by molar-refractivity contribution is 9.10. The molecule has 5 heteroatoms. The summed E-state index contributed by atoms with van der Waals surface area (Å²) in [6, 6.07) is 3.26. The fourth-order valence-electron chi connectivity index (χ4n) is 1.08. The van der Waals surface area contributed by atoms with Crippen molar-refractivity contribution in [1.29, 1.82) is 0 Å². The van der Waals surface area contributed by atoms with Crippen LogP contribution in [0.3, 0.4) is 0 Å². The zero-order valence-corrected chi connectivity index (χ0v) is 9.63. The van der Waals surface area contributed by atoms with E-state index in [1.54, 1.807) is 19.1 Å². The van der Waals surface area contributed by atoms with Gasteiger partial charge in [0, 0.05) is 10.0 Å². The number of hydrogen-bond donors (Lipinski definition) is 2. The second-order valence-corrected chi connectivity index (χ2v) is 4.09. The van der Waals surface area contributed by atoms with Crippen LogP contribution in [0.1, 0.15) is 17.2 Å². The summed E-state index contributed by atoms with van der Waals surface area (Å²) in [5.74, 6) is -1.30. The summed E-state index contributed by atoms with van der Waals surface area (Å²) in [5, 5.41) is 18.4. The molecule has 0 aliphatic heterocycles. The first-order valence-corrected chi connectivity index (χ1v) is 4.97. The monoisotopic (exact) mass is 278 g/mol. The Labute approximate surface area is 94.4 Å². The molecule has 14 heavy (non-hydrogen) atoms. The lowest BCUT2D eigenvalue weighted by molar-refractivity contribution is -0.147. The average molecular weight is 280 g/mol. The van der Waals surface area contributed by atoms with Crippen LogP contribution in [-0.4, -0.2) is 16.2 Å². The molecule has 1 aromatic rings. The highest BCUT2D eigenvalue weighted by atomic mass is 79.9. The molecule has 0 saturated carbocycles. The number of benzene rings is 1. The van der Waals surface area contributed by atoms with Gasteiger partial charge in [-0.15, -0.1) is 0 Å². The van der Waals surface area contributed by atoms with Crippen LogP contribution < -0.4 is 0 Å². The van der Waals surface area contributed by atoms with Crippen LogP contribution in [0, 0.1) is 6.92 Å². The third kappa shape index (κ3) is 2.26. The van der Waals surface area contributed by atoms with Crippen molar-refractivity contribution in [2.24, 2.45) is 0 Å². The Hall–Kier alpha value is -0.580. The summed E-state index contributed by atoms with van der Waals surface area (Å²) >= 11 is 8.94. The molecular weight excluding hydrogens is 271 g/mol. The molecule has 0 amide bonds. The van der Waals surface area contributed by atoms with E-state index in [4.69, 9.17) is 16.7 Å². The zero-order chi connectivity index (χ0) is 10.9. The Morgan fingerprint density at radius 3 is 2.64 bits per heavy atom. The molecule has 3 nitrogen and oxygen atoms in total. The summed E-state index contributed by atoms with van der Waals surface area (Å²) < 4.78 is 0.416. The molecule has 1 unspecified atom stereocenters. The van der Waals surface area contributed by atoms with E-state index >= 15 is 0 Å². The molecule has 2 N–H and O–H groups in total. The third-order valence-electron chi connectivity index (χ3n) is 1.73. The van der Waals surface area contributed by atoms with Crippen LogP contribution in [0.15, 0.2) is 16.6 Å². The van der Waals surface area contributed by atoms with Gasteiger partial charge in [-0.25, -0.2) is 4.79 Å². The van der Waals surface area contributed by atoms with E-state index in [1.807, 2.05) is 0 Å². The van der Waals surface area contributed by atoms with Gasteiger partial charge in [-0.1, -0.05) is 17.7 Å². The van der Waals surface area contributed by atoms with Crippen molar-refractivity contribution in [3.8, 4) is 0 Å². The van der Waals surface area contributed by atoms with Gasteiger partial charge in [0.15, 0.2) is 6.10 Å². The molecule has 0 saturated heterocycles. The van der Waals surface area contributed by atoms with Crippen LogP contribution in [0.4, 0.5) is 0 Å². The first-order valence-electron chi connectivity index (χ1n) is 3.80. The normalized spacial score (nSPS) is 12.6. The molecular formula is C9H8BrClO3. The maximum absolute atomic E-state index is 10.6. The predicted octanol–water partition coefficient (Wildman–Crippen LogP) is 2.53. The molecule has 0 aliphatic rings. The first-order chi connectivity index (χ1) is 6.43. The number of aliphatic carboxylic acids is 1. The molecule has 0 bridgehead atoms. The number of carbonyl (C=O) groups is 1. The van der Waals surface area contributed by atoms with E-state index in [9.17, 15) is 9.90 Å². The molecule has 0 aromatic heterocycles. The highest BCUT2D eigenvalue weighted by Crippen LogP contribution is 2.31. The van der Waals surface area contributed by atoms with Gasteiger partial charge in [-0.2, -0.15) is 0 Å². The smallest absolute Gasteiger partial charge is 0.337 e. The Balaban J connectivity index is 3.26. The molecule has 1 rings (SSSR count). The molecule has 0 radical (unpaired) electrons. The largest absolute Gasteiger partial charge is 0.479 e. The van der Waals surface area contributed by atoms with Crippen LogP contribution in [-0.2, 0) is 4.79 Å². The van der Waals surface area contributed by atoms with Crippen molar-refractivity contribution in [1.82, 2.24) is 0 Å². The second-order valence-electron chi connectivity index (χ2n) is 2.89. The summed E-state index contributed by atoms with van der Waals surface area (Å²) in [6.45, 7) is 1.77. The fourth-order valence-corrected chi connectivity index (χ4v) is 1.81. The van der Waals surface area contributed by atoms with Gasteiger partial charge in [0.2, 0.25) is 0 Å². The number of aliphatic hydroxyl groups is 1. The highest BCUT2D eigenvalue weighted by Gasteiger charge is 2.20. The summed E-state index contributed by atoms with van der Waals surface area (Å²) in [5.41, 5.74) is 1.07. The fraction of sp³-hybridized carbons (Fsp3) is 0.222. The van der Waals surface area contributed by atoms with Crippen LogP contribution >= 0.6 is 27.5 Å². The minimum absolute atomic E-state index is 0.266. The van der Waals surface area contributed by atoms with Gasteiger partial charge >= 0.3 is 5.97 Å². The molecule has 1 atom stereocenters. The van der Waals surface area contributed by atoms with Gasteiger partial charge in [0.25, 0.3) is 0 Å². The predicted molar refractivity (Wildman–Crippen MR) is 56.5 cm³/mol. The third-order valence-corrected chi connectivity index (χ3v) is 3.14. The summed E-state index contributed by atoms with van der Waals surface area (Å²) in [4.78, 5) is 10.6. The number of halogens is 2. The van der Waals surface area contributed by atoms with E-state index < -0.39 is 12.1 Å². The Bertz CT molecular complexity index is 379. The van der Waals surface area contributed by atoms with E-state index in [-0.39, 0.29) is 5.56 Å². The molecule has 0 spiro atoms. The zero-order valence-electron chi connectivity index (χ0n) is 7.29. The SMILES string of the molecule is Cc1cc(Cl)c(Br)c(C(O)C(=O)O)c1. The standard InChI is InChI=1S/C9H8BrClO3/c1-4-2-5(8(12)9(13)14)7(10)6(11)3-4/h2-3,8,12H,1H3,(H,13,14). The lowest BCUT2D eigenvalue weighted by Gasteiger charge is -2.10. The maximum atomic E-state index is 10.6. The van der Waals surface area contributed by atoms with E-state index in [0.717, 1.165) is 5.56 Å². The molecule has 1 aromatic carbocycles. The number of rotatable bonds is 2. The lowest BCUT2D eigenvalue weighted by Crippen LogP contribution is -2.11. The van der Waals surface area contributed by atoms with Crippen molar-refractivity contribution < 1.29 is 15.0 Å². The maximum Gasteiger partial charge on any atom is 0.337 e. The van der Waals surface area contributed by atoms with E-state index in [1.165, 1.54) is 0 Å². The Morgan fingerprint density at radius 2 is 2.14 bits per heavy atom. The summed E-state index contributed by atoms with van der Waals surface area (Å²) in [6.07, 6.45) is -1.55. The van der Waals surface area contributed by atoms with Crippen molar-refractivity contribution >= 4 is 33.5 Å². The molecule has 0 heterocycles. The van der Waals surface area contributed by atoms with Crippen LogP contribution in [0.2, 0.25) is 5.02 Å². The first kappa shape index (κ1) is 11.5. The topological polar surface area (TPSA) is 57.5 Å². The van der Waals surface area contributed by atoms with Gasteiger partial charge in [-0.3, -0.25) is 0 Å². The Morgan fingerprint density at radius 1 is 1.57 bits per heavy atom. The van der Waals surface area contributed by atoms with Gasteiger partial charge < -0.3 is 10.2 Å². The van der Waals surface area contributed by atoms with Crippen molar-refractivity contribution in [3.05, 3.63) is 32.8 Å². The van der Waals surface area contributed by atoms with Crippen molar-refractivity contribution in [2.75, 3.05) is 0 Å². The van der Waals surface area contributed by atoms with Crippen LogP contribution in [0.5, 0.6) is 0 Å². The molecule has 0 aliphatic carbocycles. The summed E-state index contributed by atoms with van der Waals surface area (Å²) in [7, 11) is 0. The molecule has 0 fully saturated rings. The van der Waals surface area contributed by atoms with E-state index in [0.29, 0.717) is 9.50 Å². The number of hydrogen-bond acceptors (Lipinski definition) is 2. The lowest BCUT2D eigenvalue weighted by atomic mass is 10.1. The second kappa shape index (κ2) is 4.29.